The molecule has 0 spiro atoms. The monoisotopic (exact) mass is 245 g/mol. The van der Waals surface area contributed by atoms with E-state index < -0.39 is 0 Å². The summed E-state index contributed by atoms with van der Waals surface area (Å²) in [5, 5.41) is 9.18. The minimum Gasteiger partial charge on any atom is -0.489 e. The van der Waals surface area contributed by atoms with E-state index in [4.69, 9.17) is 10.5 Å². The lowest BCUT2D eigenvalue weighted by Crippen LogP contribution is -2.33. The fraction of sp³-hybridized carbons (Fsp3) is 0.571. The lowest BCUT2D eigenvalue weighted by Gasteiger charge is -2.27. The molecule has 2 atom stereocenters. The van der Waals surface area contributed by atoms with E-state index in [2.05, 4.69) is 11.1 Å². The molecule has 1 aliphatic carbocycles. The number of ether oxygens (including phenoxy) is 1. The van der Waals surface area contributed by atoms with Gasteiger partial charge in [-0.05, 0) is 39.5 Å². The van der Waals surface area contributed by atoms with Gasteiger partial charge in [0, 0.05) is 17.8 Å². The molecule has 4 heteroatoms. The van der Waals surface area contributed by atoms with Crippen molar-refractivity contribution in [3.63, 3.8) is 0 Å². The van der Waals surface area contributed by atoms with Gasteiger partial charge in [0.2, 0.25) is 0 Å². The minimum atomic E-state index is 0.127. The maximum absolute atomic E-state index is 9.18. The number of nitrogens with two attached hydrogens (primary N) is 1. The lowest BCUT2D eigenvalue weighted by molar-refractivity contribution is 0.144. The summed E-state index contributed by atoms with van der Waals surface area (Å²) < 4.78 is 5.97. The van der Waals surface area contributed by atoms with E-state index in [0.717, 1.165) is 37.1 Å². The average molecular weight is 245 g/mol. The highest BCUT2D eigenvalue weighted by Crippen LogP contribution is 2.27. The van der Waals surface area contributed by atoms with Gasteiger partial charge in [-0.3, -0.25) is 4.98 Å². The van der Waals surface area contributed by atoms with Crippen molar-refractivity contribution in [2.24, 2.45) is 5.73 Å². The number of nitrogens with zero attached hydrogens (tertiary/aromatic N) is 2. The molecule has 96 valence electrons. The normalized spacial score (nSPS) is 23.4. The standard InChI is InChI=1S/C14H19N3O/c1-9-6-14(13(8-15)10(2)17-9)18-12-5-3-4-11(16)7-12/h6,11-12H,3-5,7,16H2,1-2H3. The van der Waals surface area contributed by atoms with E-state index in [-0.39, 0.29) is 12.1 Å². The first-order valence-electron chi connectivity index (χ1n) is 6.40. The van der Waals surface area contributed by atoms with E-state index in [1.807, 2.05) is 19.9 Å². The van der Waals surface area contributed by atoms with E-state index in [9.17, 15) is 5.26 Å². The van der Waals surface area contributed by atoms with E-state index in [1.54, 1.807) is 0 Å². The summed E-state index contributed by atoms with van der Waals surface area (Å²) in [4.78, 5) is 4.29. The van der Waals surface area contributed by atoms with E-state index >= 15 is 0 Å². The summed E-state index contributed by atoms with van der Waals surface area (Å²) >= 11 is 0. The Morgan fingerprint density at radius 1 is 1.44 bits per heavy atom. The highest BCUT2D eigenvalue weighted by atomic mass is 16.5. The summed E-state index contributed by atoms with van der Waals surface area (Å²) in [6.07, 6.45) is 4.17. The maximum Gasteiger partial charge on any atom is 0.141 e. The number of rotatable bonds is 2. The first kappa shape index (κ1) is 12.8. The quantitative estimate of drug-likeness (QED) is 0.867. The number of hydrogen-bond donors (Lipinski definition) is 1. The second kappa shape index (κ2) is 5.36. The highest BCUT2D eigenvalue weighted by molar-refractivity contribution is 5.46. The smallest absolute Gasteiger partial charge is 0.141 e. The molecule has 1 aromatic rings. The van der Waals surface area contributed by atoms with Gasteiger partial charge < -0.3 is 10.5 Å². The van der Waals surface area contributed by atoms with Crippen LogP contribution in [0.15, 0.2) is 6.07 Å². The number of aryl methyl sites for hydroxylation is 2. The molecule has 2 rings (SSSR count). The van der Waals surface area contributed by atoms with Crippen LogP contribution in [0.5, 0.6) is 5.75 Å². The summed E-state index contributed by atoms with van der Waals surface area (Å²) in [6.45, 7) is 3.75. The number of pyridine rings is 1. The van der Waals surface area contributed by atoms with Gasteiger partial charge in [0.15, 0.2) is 0 Å². The van der Waals surface area contributed by atoms with Crippen LogP contribution in [0.2, 0.25) is 0 Å². The van der Waals surface area contributed by atoms with Gasteiger partial charge in [-0.1, -0.05) is 0 Å². The second-order valence-electron chi connectivity index (χ2n) is 5.00. The van der Waals surface area contributed by atoms with Crippen molar-refractivity contribution >= 4 is 0 Å². The van der Waals surface area contributed by atoms with Crippen LogP contribution in [0.4, 0.5) is 0 Å². The van der Waals surface area contributed by atoms with Crippen molar-refractivity contribution in [3.05, 3.63) is 23.0 Å². The highest BCUT2D eigenvalue weighted by Gasteiger charge is 2.22. The van der Waals surface area contributed by atoms with Gasteiger partial charge in [0.1, 0.15) is 23.5 Å². The van der Waals surface area contributed by atoms with Crippen molar-refractivity contribution in [2.45, 2.75) is 51.7 Å². The van der Waals surface area contributed by atoms with Crippen molar-refractivity contribution in [3.8, 4) is 11.8 Å². The molecule has 0 saturated heterocycles. The molecule has 1 aromatic heterocycles. The zero-order valence-corrected chi connectivity index (χ0v) is 10.9. The van der Waals surface area contributed by atoms with E-state index in [1.165, 1.54) is 0 Å². The summed E-state index contributed by atoms with van der Waals surface area (Å²) in [7, 11) is 0. The van der Waals surface area contributed by atoms with Crippen LogP contribution in [-0.2, 0) is 0 Å². The average Bonchev–Trinajstić information content (AvgIpc) is 2.28. The van der Waals surface area contributed by atoms with Gasteiger partial charge >= 0.3 is 0 Å². The summed E-state index contributed by atoms with van der Waals surface area (Å²) in [5.74, 6) is 0.654. The molecule has 0 aliphatic heterocycles. The van der Waals surface area contributed by atoms with Crippen molar-refractivity contribution in [2.75, 3.05) is 0 Å². The molecule has 0 radical (unpaired) electrons. The molecule has 2 N–H and O–H groups in total. The van der Waals surface area contributed by atoms with Gasteiger partial charge in [-0.15, -0.1) is 0 Å². The topological polar surface area (TPSA) is 71.9 Å². The third kappa shape index (κ3) is 2.80. The maximum atomic E-state index is 9.18. The third-order valence-electron chi connectivity index (χ3n) is 3.36. The molecular weight excluding hydrogens is 226 g/mol. The Hall–Kier alpha value is -1.60. The number of hydrogen-bond acceptors (Lipinski definition) is 4. The Morgan fingerprint density at radius 3 is 2.89 bits per heavy atom. The predicted molar refractivity (Wildman–Crippen MR) is 69.3 cm³/mol. The fourth-order valence-corrected chi connectivity index (χ4v) is 2.49. The second-order valence-corrected chi connectivity index (χ2v) is 5.00. The molecule has 18 heavy (non-hydrogen) atoms. The summed E-state index contributed by atoms with van der Waals surface area (Å²) in [6, 6.07) is 4.23. The Balaban J connectivity index is 2.20. The van der Waals surface area contributed by atoms with Crippen LogP contribution in [-0.4, -0.2) is 17.1 Å². The zero-order valence-electron chi connectivity index (χ0n) is 10.9. The molecule has 4 nitrogen and oxygen atoms in total. The van der Waals surface area contributed by atoms with Gasteiger partial charge in [0.05, 0.1) is 5.69 Å². The molecule has 1 fully saturated rings. The minimum absolute atomic E-state index is 0.127. The van der Waals surface area contributed by atoms with Crippen LogP contribution in [0.25, 0.3) is 0 Å². The van der Waals surface area contributed by atoms with Crippen LogP contribution in [0.3, 0.4) is 0 Å². The third-order valence-corrected chi connectivity index (χ3v) is 3.36. The predicted octanol–water partition coefficient (Wildman–Crippen LogP) is 2.22. The molecule has 0 bridgehead atoms. The van der Waals surface area contributed by atoms with Crippen LogP contribution < -0.4 is 10.5 Å². The molecule has 1 saturated carbocycles. The Labute approximate surface area is 108 Å². The van der Waals surface area contributed by atoms with Crippen LogP contribution >= 0.6 is 0 Å². The molecule has 2 unspecified atom stereocenters. The number of nitriles is 1. The van der Waals surface area contributed by atoms with Gasteiger partial charge in [-0.25, -0.2) is 0 Å². The van der Waals surface area contributed by atoms with Crippen molar-refractivity contribution in [1.29, 1.82) is 5.26 Å². The van der Waals surface area contributed by atoms with Gasteiger partial charge in [-0.2, -0.15) is 5.26 Å². The van der Waals surface area contributed by atoms with Gasteiger partial charge in [0.25, 0.3) is 0 Å². The molecule has 1 heterocycles. The van der Waals surface area contributed by atoms with Crippen LogP contribution in [0.1, 0.15) is 42.6 Å². The summed E-state index contributed by atoms with van der Waals surface area (Å²) in [5.41, 5.74) is 8.10. The molecular formula is C14H19N3O. The van der Waals surface area contributed by atoms with E-state index in [0.29, 0.717) is 11.3 Å². The van der Waals surface area contributed by atoms with Crippen molar-refractivity contribution in [1.82, 2.24) is 4.98 Å². The Bertz CT molecular complexity index is 479. The SMILES string of the molecule is Cc1cc(OC2CCCC(N)C2)c(C#N)c(C)n1. The first-order valence-corrected chi connectivity index (χ1v) is 6.40. The molecule has 0 aromatic carbocycles. The zero-order chi connectivity index (χ0) is 13.1. The largest absolute Gasteiger partial charge is 0.489 e. The first-order chi connectivity index (χ1) is 8.60. The lowest BCUT2D eigenvalue weighted by atomic mass is 9.93. The van der Waals surface area contributed by atoms with Crippen molar-refractivity contribution < 1.29 is 4.74 Å². The molecule has 0 amide bonds. The fourth-order valence-electron chi connectivity index (χ4n) is 2.49. The van der Waals surface area contributed by atoms with Crippen LogP contribution in [0, 0.1) is 25.2 Å². The number of aromatic nitrogens is 1. The molecule has 1 aliphatic rings. The Kier molecular flexibility index (Phi) is 3.83. The Morgan fingerprint density at radius 2 is 2.22 bits per heavy atom.